The minimum absolute atomic E-state index is 0.0472. The Kier molecular flexibility index (Phi) is 7.38. The van der Waals surface area contributed by atoms with Crippen LogP contribution in [0.5, 0.6) is 5.75 Å². The van der Waals surface area contributed by atoms with Crippen molar-refractivity contribution in [2.75, 3.05) is 38.4 Å². The zero-order valence-electron chi connectivity index (χ0n) is 20.4. The highest BCUT2D eigenvalue weighted by Crippen LogP contribution is 2.32. The number of benzene rings is 2. The predicted octanol–water partition coefficient (Wildman–Crippen LogP) is 3.51. The van der Waals surface area contributed by atoms with E-state index in [2.05, 4.69) is 10.1 Å². The summed E-state index contributed by atoms with van der Waals surface area (Å²) in [7, 11) is -2.21. The summed E-state index contributed by atoms with van der Waals surface area (Å²) in [6.07, 6.45) is 1.16. The van der Waals surface area contributed by atoms with Gasteiger partial charge in [0.15, 0.2) is 5.76 Å². The normalized spacial score (nSPS) is 14.6. The molecule has 1 aliphatic rings. The number of nitro groups is 1. The maximum atomic E-state index is 13.6. The Labute approximate surface area is 226 Å². The van der Waals surface area contributed by atoms with Crippen molar-refractivity contribution in [3.8, 4) is 5.75 Å². The molecule has 5 rings (SSSR count). The van der Waals surface area contributed by atoms with Crippen molar-refractivity contribution in [3.05, 3.63) is 76.0 Å². The average molecular weight is 572 g/mol. The van der Waals surface area contributed by atoms with Crippen LogP contribution < -0.4 is 9.75 Å². The highest BCUT2D eigenvalue weighted by molar-refractivity contribution is 7.89. The largest absolute Gasteiger partial charge is 0.497 e. The summed E-state index contributed by atoms with van der Waals surface area (Å²) < 4.78 is 43.6. The Balaban J connectivity index is 1.48. The smallest absolute Gasteiger partial charge is 0.433 e. The topological polar surface area (TPSA) is 158 Å². The lowest BCUT2D eigenvalue weighted by molar-refractivity contribution is -0.402. The van der Waals surface area contributed by atoms with E-state index in [-0.39, 0.29) is 34.4 Å². The van der Waals surface area contributed by atoms with Gasteiger partial charge in [-0.25, -0.2) is 13.4 Å². The number of sulfonamides is 1. The number of amides is 1. The first-order valence-corrected chi connectivity index (χ1v) is 13.8. The number of furan rings is 1. The average Bonchev–Trinajstić information content (AvgIpc) is 3.60. The Morgan fingerprint density at radius 3 is 2.59 bits per heavy atom. The van der Waals surface area contributed by atoms with E-state index in [1.165, 1.54) is 59.2 Å². The van der Waals surface area contributed by atoms with E-state index in [0.29, 0.717) is 24.5 Å². The molecular formula is C24H21N5O8S2. The third-order valence-electron chi connectivity index (χ3n) is 5.76. The van der Waals surface area contributed by atoms with Crippen LogP contribution in [-0.4, -0.2) is 68.2 Å². The number of nitrogens with zero attached hydrogens (tertiary/aromatic N) is 5. The van der Waals surface area contributed by atoms with Crippen LogP contribution in [0.2, 0.25) is 0 Å². The maximum absolute atomic E-state index is 13.6. The fraction of sp³-hybridized carbons (Fsp3) is 0.208. The molecule has 13 nitrogen and oxygen atoms in total. The van der Waals surface area contributed by atoms with E-state index in [1.807, 2.05) is 0 Å². The number of thiazole rings is 1. The van der Waals surface area contributed by atoms with E-state index < -0.39 is 26.7 Å². The molecule has 202 valence electrons. The monoisotopic (exact) mass is 571 g/mol. The zero-order valence-corrected chi connectivity index (χ0v) is 22.1. The summed E-state index contributed by atoms with van der Waals surface area (Å²) in [4.78, 5) is 28.4. The molecule has 0 atom stereocenters. The van der Waals surface area contributed by atoms with Gasteiger partial charge in [-0.2, -0.15) is 14.4 Å². The van der Waals surface area contributed by atoms with Gasteiger partial charge in [0.05, 0.1) is 47.7 Å². The Bertz CT molecular complexity index is 1660. The maximum Gasteiger partial charge on any atom is 0.433 e. The standard InChI is InChI=1S/C24H21N5O8S2/c1-35-17-4-8-20-21(14-17)38-24(26-20)28(25-15-18-5-9-22(37-18)29(31)32)23(30)16-2-6-19(7-3-16)39(33,34)27-10-12-36-13-11-27/h2-9,14-15H,10-13H2,1H3/b25-15+. The number of rotatable bonds is 8. The van der Waals surface area contributed by atoms with Gasteiger partial charge in [0.2, 0.25) is 15.2 Å². The number of fused-ring (bicyclic) bond motifs is 1. The van der Waals surface area contributed by atoms with E-state index in [0.717, 1.165) is 15.9 Å². The lowest BCUT2D eigenvalue weighted by Gasteiger charge is -2.26. The SMILES string of the molecule is COc1ccc2nc(N(/N=C/c3ccc([N+](=O)[O-])o3)C(=O)c3ccc(S(=O)(=O)N4CCOCC4)cc3)sc2c1. The molecular weight excluding hydrogens is 550 g/mol. The molecule has 1 saturated heterocycles. The number of hydrogen-bond donors (Lipinski definition) is 0. The van der Waals surface area contributed by atoms with E-state index in [9.17, 15) is 23.3 Å². The summed E-state index contributed by atoms with van der Waals surface area (Å²) >= 11 is 1.18. The molecule has 0 unspecified atom stereocenters. The molecule has 3 heterocycles. The number of ether oxygens (including phenoxy) is 2. The molecule has 0 radical (unpaired) electrons. The first-order chi connectivity index (χ1) is 18.8. The number of hydrazone groups is 1. The molecule has 4 aromatic rings. The quantitative estimate of drug-likeness (QED) is 0.175. The Morgan fingerprint density at radius 1 is 1.18 bits per heavy atom. The van der Waals surface area contributed by atoms with Gasteiger partial charge in [-0.05, 0) is 48.5 Å². The molecule has 1 aliphatic heterocycles. The molecule has 2 aromatic carbocycles. The molecule has 39 heavy (non-hydrogen) atoms. The van der Waals surface area contributed by atoms with Gasteiger partial charge in [0, 0.05) is 18.7 Å². The van der Waals surface area contributed by atoms with Crippen LogP contribution in [0, 0.1) is 10.1 Å². The van der Waals surface area contributed by atoms with Crippen molar-refractivity contribution >= 4 is 54.7 Å². The third-order valence-corrected chi connectivity index (χ3v) is 8.67. The number of aromatic nitrogens is 1. The molecule has 0 saturated carbocycles. The highest BCUT2D eigenvalue weighted by Gasteiger charge is 2.27. The van der Waals surface area contributed by atoms with Crippen LogP contribution in [0.3, 0.4) is 0 Å². The van der Waals surface area contributed by atoms with Crippen molar-refractivity contribution in [3.63, 3.8) is 0 Å². The van der Waals surface area contributed by atoms with Gasteiger partial charge >= 0.3 is 5.88 Å². The van der Waals surface area contributed by atoms with Crippen LogP contribution in [-0.2, 0) is 14.8 Å². The van der Waals surface area contributed by atoms with Crippen LogP contribution in [0.15, 0.2) is 69.0 Å². The van der Waals surface area contributed by atoms with Gasteiger partial charge < -0.3 is 13.9 Å². The van der Waals surface area contributed by atoms with Gasteiger partial charge in [-0.1, -0.05) is 11.3 Å². The van der Waals surface area contributed by atoms with Crippen LogP contribution in [0.1, 0.15) is 16.1 Å². The number of hydrogen-bond acceptors (Lipinski definition) is 11. The van der Waals surface area contributed by atoms with E-state index in [4.69, 9.17) is 13.9 Å². The molecule has 15 heteroatoms. The van der Waals surface area contributed by atoms with Crippen molar-refractivity contribution in [1.29, 1.82) is 0 Å². The van der Waals surface area contributed by atoms with Crippen molar-refractivity contribution < 1.29 is 32.0 Å². The molecule has 1 amide bonds. The van der Waals surface area contributed by atoms with Crippen LogP contribution in [0.25, 0.3) is 10.2 Å². The van der Waals surface area contributed by atoms with Gasteiger partial charge in [0.1, 0.15) is 10.7 Å². The van der Waals surface area contributed by atoms with Gasteiger partial charge in [-0.3, -0.25) is 14.9 Å². The van der Waals surface area contributed by atoms with Crippen LogP contribution in [0.4, 0.5) is 11.0 Å². The lowest BCUT2D eigenvalue weighted by Crippen LogP contribution is -2.40. The fourth-order valence-corrected chi connectivity index (χ4v) is 6.11. The van der Waals surface area contributed by atoms with E-state index in [1.54, 1.807) is 18.2 Å². The number of morpholine rings is 1. The molecule has 0 spiro atoms. The summed E-state index contributed by atoms with van der Waals surface area (Å²) in [6, 6.07) is 13.3. The summed E-state index contributed by atoms with van der Waals surface area (Å²) in [5, 5.41) is 16.4. The fourth-order valence-electron chi connectivity index (χ4n) is 3.75. The predicted molar refractivity (Wildman–Crippen MR) is 142 cm³/mol. The minimum Gasteiger partial charge on any atom is -0.497 e. The summed E-state index contributed by atoms with van der Waals surface area (Å²) in [6.45, 7) is 1.13. The summed E-state index contributed by atoms with van der Waals surface area (Å²) in [5.74, 6) is -0.416. The van der Waals surface area contributed by atoms with Crippen molar-refractivity contribution in [2.24, 2.45) is 5.10 Å². The number of methoxy groups -OCH3 is 1. The minimum atomic E-state index is -3.74. The molecule has 0 bridgehead atoms. The van der Waals surface area contributed by atoms with Crippen LogP contribution >= 0.6 is 11.3 Å². The first-order valence-electron chi connectivity index (χ1n) is 11.5. The summed E-state index contributed by atoms with van der Waals surface area (Å²) in [5.41, 5.74) is 0.750. The second-order valence-corrected chi connectivity index (χ2v) is 11.1. The Morgan fingerprint density at radius 2 is 1.92 bits per heavy atom. The lowest BCUT2D eigenvalue weighted by atomic mass is 10.2. The molecule has 2 aromatic heterocycles. The number of carbonyl (C=O) groups excluding carboxylic acids is 1. The van der Waals surface area contributed by atoms with Gasteiger partial charge in [0.25, 0.3) is 5.91 Å². The number of anilines is 1. The van der Waals surface area contributed by atoms with Gasteiger partial charge in [-0.15, -0.1) is 0 Å². The number of carbonyl (C=O) groups is 1. The van der Waals surface area contributed by atoms with E-state index >= 15 is 0 Å². The Hall–Kier alpha value is -4.18. The van der Waals surface area contributed by atoms with Crippen molar-refractivity contribution in [1.82, 2.24) is 9.29 Å². The molecule has 1 fully saturated rings. The molecule has 0 N–H and O–H groups in total. The molecule has 0 aliphatic carbocycles. The first kappa shape index (κ1) is 26.4. The van der Waals surface area contributed by atoms with Crippen molar-refractivity contribution in [2.45, 2.75) is 4.90 Å². The second kappa shape index (κ2) is 10.9. The second-order valence-electron chi connectivity index (χ2n) is 8.17. The third kappa shape index (κ3) is 5.51. The highest BCUT2D eigenvalue weighted by atomic mass is 32.2. The zero-order chi connectivity index (χ0) is 27.6.